The zero-order valence-electron chi connectivity index (χ0n) is 13.2. The lowest BCUT2D eigenvalue weighted by atomic mass is 10.3. The van der Waals surface area contributed by atoms with E-state index in [1.807, 2.05) is 19.0 Å². The first-order valence-electron chi connectivity index (χ1n) is 7.12. The predicted octanol–water partition coefficient (Wildman–Crippen LogP) is 3.35. The van der Waals surface area contributed by atoms with E-state index >= 15 is 0 Å². The first kappa shape index (κ1) is 17.9. The molecule has 0 aliphatic rings. The van der Waals surface area contributed by atoms with Gasteiger partial charge in [0, 0.05) is 19.2 Å². The van der Waals surface area contributed by atoms with Gasteiger partial charge in [-0.2, -0.15) is 18.2 Å². The van der Waals surface area contributed by atoms with Gasteiger partial charge in [-0.15, -0.1) is 0 Å². The van der Waals surface area contributed by atoms with Crippen molar-refractivity contribution < 1.29 is 17.6 Å². The van der Waals surface area contributed by atoms with Crippen LogP contribution in [0.1, 0.15) is 5.69 Å². The Morgan fingerprint density at radius 2 is 1.83 bits per heavy atom. The highest BCUT2D eigenvalue weighted by Gasteiger charge is 2.33. The first-order chi connectivity index (χ1) is 11.3. The third-order valence-electron chi connectivity index (χ3n) is 3.00. The Bertz CT molecular complexity index is 688. The molecule has 0 saturated carbocycles. The molecule has 9 heteroatoms. The Morgan fingerprint density at radius 1 is 1.12 bits per heavy atom. The number of halogens is 4. The van der Waals surface area contributed by atoms with Crippen LogP contribution in [-0.2, 0) is 6.18 Å². The quantitative estimate of drug-likeness (QED) is 0.788. The van der Waals surface area contributed by atoms with Gasteiger partial charge in [0.1, 0.15) is 11.6 Å². The van der Waals surface area contributed by atoms with Crippen molar-refractivity contribution in [3.63, 3.8) is 0 Å². The summed E-state index contributed by atoms with van der Waals surface area (Å²) in [6.45, 7) is 0.961. The van der Waals surface area contributed by atoms with Gasteiger partial charge in [0.2, 0.25) is 5.95 Å². The topological polar surface area (TPSA) is 53.1 Å². The van der Waals surface area contributed by atoms with Gasteiger partial charge >= 0.3 is 6.18 Å². The number of rotatable bonds is 6. The number of para-hydroxylation sites is 1. The monoisotopic (exact) mass is 343 g/mol. The van der Waals surface area contributed by atoms with Crippen LogP contribution in [0.2, 0.25) is 0 Å². The molecule has 0 spiro atoms. The van der Waals surface area contributed by atoms with Crippen LogP contribution in [0, 0.1) is 5.82 Å². The molecule has 2 aromatic rings. The average Bonchev–Trinajstić information content (AvgIpc) is 2.48. The SMILES string of the molecule is CN(C)CCNc1nc(Nc2ccccc2F)cc(C(F)(F)F)n1. The number of nitrogens with zero attached hydrogens (tertiary/aromatic N) is 3. The zero-order chi connectivity index (χ0) is 17.7. The maximum atomic E-state index is 13.7. The molecule has 24 heavy (non-hydrogen) atoms. The summed E-state index contributed by atoms with van der Waals surface area (Å²) in [6.07, 6.45) is -4.63. The lowest BCUT2D eigenvalue weighted by Gasteiger charge is -2.14. The third kappa shape index (κ3) is 5.05. The van der Waals surface area contributed by atoms with E-state index in [1.54, 1.807) is 6.07 Å². The van der Waals surface area contributed by atoms with Crippen LogP contribution in [0.25, 0.3) is 0 Å². The molecule has 0 bridgehead atoms. The second-order valence-electron chi connectivity index (χ2n) is 5.29. The average molecular weight is 343 g/mol. The van der Waals surface area contributed by atoms with E-state index in [2.05, 4.69) is 20.6 Å². The van der Waals surface area contributed by atoms with E-state index < -0.39 is 17.7 Å². The summed E-state index contributed by atoms with van der Waals surface area (Å²) in [6, 6.07) is 6.39. The normalized spacial score (nSPS) is 11.6. The summed E-state index contributed by atoms with van der Waals surface area (Å²) in [5, 5.41) is 5.28. The van der Waals surface area contributed by atoms with Gasteiger partial charge in [0.25, 0.3) is 0 Å². The number of benzene rings is 1. The molecule has 0 aliphatic heterocycles. The Hall–Kier alpha value is -2.42. The molecule has 0 aliphatic carbocycles. The van der Waals surface area contributed by atoms with Crippen LogP contribution in [0.5, 0.6) is 0 Å². The van der Waals surface area contributed by atoms with E-state index in [0.717, 1.165) is 6.07 Å². The van der Waals surface area contributed by atoms with Gasteiger partial charge in [-0.25, -0.2) is 9.37 Å². The summed E-state index contributed by atoms with van der Waals surface area (Å²) in [5.41, 5.74) is -1.08. The highest BCUT2D eigenvalue weighted by molar-refractivity contribution is 5.58. The number of hydrogen-bond donors (Lipinski definition) is 2. The molecule has 0 unspecified atom stereocenters. The van der Waals surface area contributed by atoms with Crippen molar-refractivity contribution in [1.82, 2.24) is 14.9 Å². The van der Waals surface area contributed by atoms with Crippen LogP contribution in [0.3, 0.4) is 0 Å². The van der Waals surface area contributed by atoms with Gasteiger partial charge < -0.3 is 15.5 Å². The second kappa shape index (κ2) is 7.43. The van der Waals surface area contributed by atoms with Crippen molar-refractivity contribution in [3.05, 3.63) is 41.8 Å². The standard InChI is InChI=1S/C15H17F4N5/c1-24(2)8-7-20-14-22-12(15(17,18)19)9-13(23-14)21-11-6-4-3-5-10(11)16/h3-6,9H,7-8H2,1-2H3,(H2,20,21,22,23). The van der Waals surface area contributed by atoms with Crippen molar-refractivity contribution in [3.8, 4) is 0 Å². The number of hydrogen-bond acceptors (Lipinski definition) is 5. The molecular weight excluding hydrogens is 326 g/mol. The molecular formula is C15H17F4N5. The Balaban J connectivity index is 2.27. The smallest absolute Gasteiger partial charge is 0.353 e. The first-order valence-corrected chi connectivity index (χ1v) is 7.12. The Morgan fingerprint density at radius 3 is 2.46 bits per heavy atom. The Kier molecular flexibility index (Phi) is 5.55. The summed E-state index contributed by atoms with van der Waals surface area (Å²) < 4.78 is 52.6. The van der Waals surface area contributed by atoms with Gasteiger partial charge in [-0.1, -0.05) is 12.1 Å². The maximum absolute atomic E-state index is 13.7. The minimum absolute atomic E-state index is 0.0311. The fraction of sp³-hybridized carbons (Fsp3) is 0.333. The number of alkyl halides is 3. The fourth-order valence-electron chi connectivity index (χ4n) is 1.83. The molecule has 1 aromatic heterocycles. The zero-order valence-corrected chi connectivity index (χ0v) is 13.2. The van der Waals surface area contributed by atoms with Crippen molar-refractivity contribution >= 4 is 17.5 Å². The number of aromatic nitrogens is 2. The largest absolute Gasteiger partial charge is 0.433 e. The maximum Gasteiger partial charge on any atom is 0.433 e. The molecule has 0 radical (unpaired) electrons. The second-order valence-corrected chi connectivity index (χ2v) is 5.29. The summed E-state index contributed by atoms with van der Waals surface area (Å²) in [4.78, 5) is 9.29. The van der Waals surface area contributed by atoms with Gasteiger partial charge in [-0.05, 0) is 26.2 Å². The van der Waals surface area contributed by atoms with Gasteiger partial charge in [0.15, 0.2) is 5.69 Å². The molecule has 1 aromatic carbocycles. The lowest BCUT2D eigenvalue weighted by molar-refractivity contribution is -0.141. The Labute approximate surface area is 136 Å². The predicted molar refractivity (Wildman–Crippen MR) is 83.8 cm³/mol. The van der Waals surface area contributed by atoms with Crippen molar-refractivity contribution in [2.45, 2.75) is 6.18 Å². The number of nitrogens with one attached hydrogen (secondary N) is 2. The molecule has 2 rings (SSSR count). The van der Waals surface area contributed by atoms with E-state index in [0.29, 0.717) is 13.1 Å². The summed E-state index contributed by atoms with van der Waals surface area (Å²) >= 11 is 0. The van der Waals surface area contributed by atoms with E-state index in [-0.39, 0.29) is 17.5 Å². The van der Waals surface area contributed by atoms with Crippen LogP contribution in [0.15, 0.2) is 30.3 Å². The summed E-state index contributed by atoms with van der Waals surface area (Å²) in [5.74, 6) is -0.910. The van der Waals surface area contributed by atoms with Crippen molar-refractivity contribution in [2.24, 2.45) is 0 Å². The molecule has 0 atom stereocenters. The van der Waals surface area contributed by atoms with Crippen LogP contribution in [0.4, 0.5) is 35.0 Å². The van der Waals surface area contributed by atoms with Crippen molar-refractivity contribution in [1.29, 1.82) is 0 Å². The van der Waals surface area contributed by atoms with E-state index in [1.165, 1.54) is 18.2 Å². The van der Waals surface area contributed by atoms with Gasteiger partial charge in [-0.3, -0.25) is 0 Å². The van der Waals surface area contributed by atoms with Crippen molar-refractivity contribution in [2.75, 3.05) is 37.8 Å². The minimum atomic E-state index is -4.63. The number of likely N-dealkylation sites (N-methyl/N-ethyl adjacent to an activating group) is 1. The molecule has 0 amide bonds. The molecule has 0 saturated heterocycles. The molecule has 130 valence electrons. The number of anilines is 3. The molecule has 5 nitrogen and oxygen atoms in total. The summed E-state index contributed by atoms with van der Waals surface area (Å²) in [7, 11) is 3.67. The lowest BCUT2D eigenvalue weighted by Crippen LogP contribution is -2.22. The van der Waals surface area contributed by atoms with Crippen LogP contribution in [-0.4, -0.2) is 42.1 Å². The fourth-order valence-corrected chi connectivity index (χ4v) is 1.83. The molecule has 2 N–H and O–H groups in total. The van der Waals surface area contributed by atoms with Crippen LogP contribution >= 0.6 is 0 Å². The molecule has 0 fully saturated rings. The van der Waals surface area contributed by atoms with E-state index in [9.17, 15) is 17.6 Å². The minimum Gasteiger partial charge on any atom is -0.353 e. The third-order valence-corrected chi connectivity index (χ3v) is 3.00. The highest BCUT2D eigenvalue weighted by atomic mass is 19.4. The molecule has 1 heterocycles. The van der Waals surface area contributed by atoms with E-state index in [4.69, 9.17) is 0 Å². The highest BCUT2D eigenvalue weighted by Crippen LogP contribution is 2.30. The van der Waals surface area contributed by atoms with Gasteiger partial charge in [0.05, 0.1) is 5.69 Å². The van der Waals surface area contributed by atoms with Crippen LogP contribution < -0.4 is 10.6 Å².